The Morgan fingerprint density at radius 2 is 0.859 bits per heavy atom. The van der Waals surface area contributed by atoms with Gasteiger partial charge in [-0.15, -0.1) is 0 Å². The van der Waals surface area contributed by atoms with Crippen molar-refractivity contribution >= 4 is 35.5 Å². The van der Waals surface area contributed by atoms with Gasteiger partial charge in [-0.2, -0.15) is 155 Å². The molecule has 2 aliphatic rings. The number of alkyl halides is 33. The second kappa shape index (κ2) is 21.1. The van der Waals surface area contributed by atoms with Crippen LogP contribution < -0.4 is 9.47 Å². The fourth-order valence-corrected chi connectivity index (χ4v) is 10.4. The highest BCUT2D eigenvalue weighted by atomic mass is 32.2. The summed E-state index contributed by atoms with van der Waals surface area (Å²) in [7, 11) is 0. The van der Waals surface area contributed by atoms with Crippen molar-refractivity contribution < 1.29 is 164 Å². The lowest BCUT2D eigenvalue weighted by Crippen LogP contribution is -2.74. The summed E-state index contributed by atoms with van der Waals surface area (Å²) < 4.78 is 476. The van der Waals surface area contributed by atoms with Gasteiger partial charge >= 0.3 is 95.4 Å². The number of hydrogen-bond donors (Lipinski definition) is 0. The van der Waals surface area contributed by atoms with Crippen LogP contribution >= 0.6 is 23.5 Å². The Morgan fingerprint density at radius 3 is 1.27 bits per heavy atom. The smallest absolute Gasteiger partial charge is 0.422 e. The summed E-state index contributed by atoms with van der Waals surface area (Å²) in [6, 6.07) is 5.84. The molecule has 5 rings (SSSR count). The number of hydrogen-bond acceptors (Lipinski definition) is 6. The van der Waals surface area contributed by atoms with E-state index in [9.17, 15) is 124 Å². The predicted octanol–water partition coefficient (Wildman–Crippen LogP) is 17.7. The molecule has 3 atom stereocenters. The molecular formula is C46H29F33O4S2. The molecule has 1 aliphatic heterocycles. The molecule has 0 aromatic heterocycles. The van der Waals surface area contributed by atoms with E-state index in [1.165, 1.54) is 0 Å². The molecule has 4 nitrogen and oxygen atoms in total. The molecule has 1 aliphatic carbocycles. The van der Waals surface area contributed by atoms with Crippen LogP contribution in [0.3, 0.4) is 0 Å². The zero-order chi connectivity index (χ0) is 66.2. The highest BCUT2D eigenvalue weighted by Crippen LogP contribution is 2.82. The topological polar surface area (TPSA) is 52.6 Å². The molecule has 1 heterocycles. The van der Waals surface area contributed by atoms with E-state index in [0.29, 0.717) is 36.0 Å². The maximum Gasteiger partial charge on any atom is 0.460 e. The first kappa shape index (κ1) is 70.7. The van der Waals surface area contributed by atoms with E-state index in [0.717, 1.165) is 39.0 Å². The van der Waals surface area contributed by atoms with Crippen molar-refractivity contribution in [3.8, 4) is 11.5 Å². The Balaban J connectivity index is 1.32. The second-order valence-corrected chi connectivity index (χ2v) is 21.2. The first-order valence-electron chi connectivity index (χ1n) is 22.4. The minimum atomic E-state index is -8.80. The van der Waals surface area contributed by atoms with E-state index in [1.807, 2.05) is 0 Å². The average Bonchev–Trinajstić information content (AvgIpc) is 1.46. The van der Waals surface area contributed by atoms with Crippen molar-refractivity contribution in [2.75, 3.05) is 11.5 Å². The third-order valence-electron chi connectivity index (χ3n) is 13.3. The van der Waals surface area contributed by atoms with Crippen LogP contribution in [0.5, 0.6) is 11.5 Å². The summed E-state index contributed by atoms with van der Waals surface area (Å²) in [5.41, 5.74) is -22.2. The summed E-state index contributed by atoms with van der Waals surface area (Å²) in [5.74, 6) is -109. The number of esters is 2. The number of aryl methyl sites for hydroxylation is 3. The number of carbonyl (C=O) groups excluding carboxylic acids is 2. The van der Waals surface area contributed by atoms with Gasteiger partial charge in [0.15, 0.2) is 5.67 Å². The maximum absolute atomic E-state index is 17.1. The molecule has 1 fully saturated rings. The number of fused-ring (bicyclic) bond motifs is 4. The number of thioether (sulfide) groups is 2. The Morgan fingerprint density at radius 1 is 0.494 bits per heavy atom. The summed E-state index contributed by atoms with van der Waals surface area (Å²) in [6.07, 6.45) is -20.6. The molecule has 3 aromatic rings. The molecule has 0 amide bonds. The largest absolute Gasteiger partial charge is 0.460 e. The second-order valence-electron chi connectivity index (χ2n) is 18.9. The molecule has 39 heteroatoms. The molecule has 85 heavy (non-hydrogen) atoms. The normalized spacial score (nSPS) is 21.2. The van der Waals surface area contributed by atoms with Crippen molar-refractivity contribution in [3.05, 3.63) is 93.0 Å². The Labute approximate surface area is 460 Å². The lowest BCUT2D eigenvalue weighted by molar-refractivity contribution is -0.461. The average molecular weight is 1340 g/mol. The molecule has 0 N–H and O–H groups in total. The van der Waals surface area contributed by atoms with Crippen LogP contribution in [0.15, 0.2) is 48.5 Å². The summed E-state index contributed by atoms with van der Waals surface area (Å²) in [6.45, 7) is 3.08. The van der Waals surface area contributed by atoms with Crippen LogP contribution in [0.4, 0.5) is 145 Å². The summed E-state index contributed by atoms with van der Waals surface area (Å²) in [5, 5.41) is 0. The van der Waals surface area contributed by atoms with Gasteiger partial charge in [-0.1, -0.05) is 18.2 Å². The van der Waals surface area contributed by atoms with Crippen LogP contribution in [0.1, 0.15) is 66.9 Å². The molecule has 2 unspecified atom stereocenters. The zero-order valence-corrected chi connectivity index (χ0v) is 42.9. The van der Waals surface area contributed by atoms with Gasteiger partial charge in [0.25, 0.3) is 5.67 Å². The lowest BCUT2D eigenvalue weighted by Gasteiger charge is -2.42. The molecule has 3 aromatic carbocycles. The third kappa shape index (κ3) is 9.94. The van der Waals surface area contributed by atoms with Crippen molar-refractivity contribution in [2.24, 2.45) is 0 Å². The number of rotatable bonds is 20. The lowest BCUT2D eigenvalue weighted by atomic mass is 9.88. The van der Waals surface area contributed by atoms with Crippen LogP contribution in [0.2, 0.25) is 0 Å². The van der Waals surface area contributed by atoms with E-state index in [2.05, 4.69) is 0 Å². The Hall–Kier alpha value is -5.01. The Bertz CT molecular complexity index is 3020. The molecule has 0 saturated heterocycles. The van der Waals surface area contributed by atoms with E-state index in [1.54, 1.807) is 0 Å². The quantitative estimate of drug-likeness (QED) is 0.0486. The fourth-order valence-electron chi connectivity index (χ4n) is 8.51. The van der Waals surface area contributed by atoms with E-state index in [4.69, 9.17) is 9.47 Å². The fraction of sp³-hybridized carbons (Fsp3) is 0.565. The summed E-state index contributed by atoms with van der Waals surface area (Å²) >= 11 is 0.429. The number of carbonyl (C=O) groups is 2. The number of benzene rings is 3. The van der Waals surface area contributed by atoms with E-state index >= 15 is 30.7 Å². The minimum absolute atomic E-state index is 0.0451. The molecular weight excluding hydrogens is 1310 g/mol. The van der Waals surface area contributed by atoms with Gasteiger partial charge in [0.05, 0.1) is 11.1 Å². The molecule has 0 spiro atoms. The number of halogens is 33. The van der Waals surface area contributed by atoms with Crippen molar-refractivity contribution in [2.45, 2.75) is 146 Å². The minimum Gasteiger partial charge on any atom is -0.422 e. The predicted molar refractivity (Wildman–Crippen MR) is 227 cm³/mol. The van der Waals surface area contributed by atoms with Gasteiger partial charge in [-0.3, -0.25) is 0 Å². The first-order chi connectivity index (χ1) is 37.7. The SMILES string of the molecule is Cc1cc(CSCCC(F)(F)C(F)(F)C(F)(F)C(F)(F)C(F)(F)C(F)(F)C(F)(F)C(F)(F)F)cc(C)c1OC(=O)c1ccc(C(=O)Oc2c(C)cc3cc2[C@@]2(F)C(F)(CCSC3)C2(F)C(F)(F)C(F)(F)C(F)(F)C(F)(F)C(F)(F)C(F)(F)F)cc1. The highest BCUT2D eigenvalue weighted by molar-refractivity contribution is 7.98. The van der Waals surface area contributed by atoms with Crippen LogP contribution in [0, 0.1) is 20.8 Å². The maximum atomic E-state index is 17.1. The van der Waals surface area contributed by atoms with Gasteiger partial charge in [-0.25, -0.2) is 22.8 Å². The molecule has 480 valence electrons. The summed E-state index contributed by atoms with van der Waals surface area (Å²) in [4.78, 5) is 26.5. The Kier molecular flexibility index (Phi) is 17.5. The monoisotopic (exact) mass is 1340 g/mol. The molecule has 2 bridgehead atoms. The van der Waals surface area contributed by atoms with Gasteiger partial charge in [0.1, 0.15) is 11.5 Å². The van der Waals surface area contributed by atoms with Crippen LogP contribution in [-0.2, 0) is 17.2 Å². The van der Waals surface area contributed by atoms with Crippen molar-refractivity contribution in [1.29, 1.82) is 0 Å². The zero-order valence-electron chi connectivity index (χ0n) is 41.3. The van der Waals surface area contributed by atoms with Gasteiger partial charge in [0, 0.05) is 23.5 Å². The van der Waals surface area contributed by atoms with Gasteiger partial charge < -0.3 is 9.47 Å². The highest BCUT2D eigenvalue weighted by Gasteiger charge is 3.07. The number of ether oxygens (including phenoxy) is 2. The molecule has 1 saturated carbocycles. The standard InChI is InChI=1S/C46H29F33O4S2/c1-18-12-21(16-85-11-9-31(48,49)34(52,53)36(56,57)38(60,61)40(64,65)42(68,69)44(72,73)46(77,78)79)13-19(2)26(18)82-28(80)23-4-6-24(7-5-23)29(81)83-27-20(3)14-22-15-25(27)32(50)30(47,8-10-84-17-22)33(32,51)35(54,55)37(58,59)39(62,63)41(66,67)43(70,71)45(74,75)76/h4-7,12-15H,8-11,16-17H2,1-3H3/t30?,32-,33?/m1/s1. The van der Waals surface area contributed by atoms with Gasteiger partial charge in [0.2, 0.25) is 5.67 Å². The van der Waals surface area contributed by atoms with E-state index in [-0.39, 0.29) is 45.8 Å². The van der Waals surface area contributed by atoms with Crippen LogP contribution in [0.25, 0.3) is 0 Å². The first-order valence-corrected chi connectivity index (χ1v) is 24.7. The molecule has 0 radical (unpaired) electrons. The van der Waals surface area contributed by atoms with E-state index < -0.39 is 176 Å². The van der Waals surface area contributed by atoms with Crippen LogP contribution in [-0.4, -0.2) is 118 Å². The van der Waals surface area contributed by atoms with Gasteiger partial charge in [-0.05, 0) is 96.8 Å². The van der Waals surface area contributed by atoms with Crippen molar-refractivity contribution in [1.82, 2.24) is 0 Å². The third-order valence-corrected chi connectivity index (χ3v) is 15.4. The van der Waals surface area contributed by atoms with Crippen molar-refractivity contribution in [3.63, 3.8) is 0 Å².